The molecule has 0 aliphatic carbocycles. The maximum absolute atomic E-state index is 12.4. The molecule has 22 heavy (non-hydrogen) atoms. The van der Waals surface area contributed by atoms with E-state index >= 15 is 0 Å². The van der Waals surface area contributed by atoms with Gasteiger partial charge in [0.15, 0.2) is 0 Å². The predicted octanol–water partition coefficient (Wildman–Crippen LogP) is 3.66. The molecule has 3 heteroatoms. The second-order valence-corrected chi connectivity index (χ2v) is 5.95. The fourth-order valence-electron chi connectivity index (χ4n) is 2.71. The van der Waals surface area contributed by atoms with E-state index in [-0.39, 0.29) is 11.9 Å². The Morgan fingerprint density at radius 1 is 1.18 bits per heavy atom. The molecule has 0 saturated heterocycles. The number of nitrogens with zero attached hydrogens (tertiary/aromatic N) is 1. The quantitative estimate of drug-likeness (QED) is 0.680. The van der Waals surface area contributed by atoms with Crippen molar-refractivity contribution in [3.05, 3.63) is 70.2 Å². The Labute approximate surface area is 135 Å². The number of hydrogen-bond acceptors (Lipinski definition) is 1. The summed E-state index contributed by atoms with van der Waals surface area (Å²) in [6, 6.07) is 15.7. The molecule has 3 rings (SSSR count). The third-order valence-corrected chi connectivity index (χ3v) is 4.14. The topological polar surface area (TPSA) is 20.3 Å². The first-order valence-electron chi connectivity index (χ1n) is 7.28. The van der Waals surface area contributed by atoms with Crippen LogP contribution in [0.25, 0.3) is 0 Å². The van der Waals surface area contributed by atoms with E-state index in [0.717, 1.165) is 12.0 Å². The summed E-state index contributed by atoms with van der Waals surface area (Å²) in [6.45, 7) is 2.69. The van der Waals surface area contributed by atoms with Crippen molar-refractivity contribution < 1.29 is 4.79 Å². The molecule has 1 unspecified atom stereocenters. The fourth-order valence-corrected chi connectivity index (χ4v) is 2.90. The Morgan fingerprint density at radius 2 is 1.95 bits per heavy atom. The summed E-state index contributed by atoms with van der Waals surface area (Å²) in [4.78, 5) is 14.2. The highest BCUT2D eigenvalue weighted by Gasteiger charge is 2.25. The van der Waals surface area contributed by atoms with Crippen molar-refractivity contribution in [2.45, 2.75) is 25.9 Å². The van der Waals surface area contributed by atoms with Crippen LogP contribution in [0.5, 0.6) is 0 Å². The van der Waals surface area contributed by atoms with Gasteiger partial charge in [-0.3, -0.25) is 4.79 Å². The van der Waals surface area contributed by atoms with Gasteiger partial charge >= 0.3 is 0 Å². The van der Waals surface area contributed by atoms with Crippen molar-refractivity contribution in [1.29, 1.82) is 0 Å². The van der Waals surface area contributed by atoms with Crippen LogP contribution in [-0.2, 0) is 17.8 Å². The lowest BCUT2D eigenvalue weighted by molar-refractivity contribution is -0.128. The second kappa shape index (κ2) is 6.25. The molecule has 1 aliphatic rings. The number of fused-ring (bicyclic) bond motifs is 1. The van der Waals surface area contributed by atoms with Crippen molar-refractivity contribution in [3.8, 4) is 11.8 Å². The Morgan fingerprint density at radius 3 is 2.73 bits per heavy atom. The molecule has 0 saturated carbocycles. The SMILES string of the molecule is CC1Cc2ccccc2CN1C(=O)C#Cc1cccc(Cl)c1. The number of amides is 1. The lowest BCUT2D eigenvalue weighted by atomic mass is 9.95. The minimum Gasteiger partial charge on any atom is -0.325 e. The lowest BCUT2D eigenvalue weighted by Crippen LogP contribution is -2.41. The zero-order chi connectivity index (χ0) is 15.5. The Kier molecular flexibility index (Phi) is 4.18. The van der Waals surface area contributed by atoms with E-state index in [9.17, 15) is 4.79 Å². The van der Waals surface area contributed by atoms with Crippen LogP contribution in [0.2, 0.25) is 5.02 Å². The number of hydrogen-bond donors (Lipinski definition) is 0. The molecule has 0 bridgehead atoms. The van der Waals surface area contributed by atoms with Gasteiger partial charge in [-0.25, -0.2) is 0 Å². The summed E-state index contributed by atoms with van der Waals surface area (Å²) in [5, 5.41) is 0.625. The fraction of sp³-hybridized carbons (Fsp3) is 0.211. The van der Waals surface area contributed by atoms with Crippen LogP contribution < -0.4 is 0 Å². The average Bonchev–Trinajstić information content (AvgIpc) is 2.52. The Balaban J connectivity index is 1.79. The van der Waals surface area contributed by atoms with Crippen LogP contribution in [0, 0.1) is 11.8 Å². The molecule has 0 radical (unpaired) electrons. The van der Waals surface area contributed by atoms with Gasteiger partial charge in [-0.2, -0.15) is 0 Å². The van der Waals surface area contributed by atoms with Crippen LogP contribution in [0.3, 0.4) is 0 Å². The third kappa shape index (κ3) is 3.16. The molecule has 2 aromatic rings. The van der Waals surface area contributed by atoms with Crippen LogP contribution in [0.1, 0.15) is 23.6 Å². The third-order valence-electron chi connectivity index (χ3n) is 3.91. The van der Waals surface area contributed by atoms with Gasteiger partial charge in [0.25, 0.3) is 5.91 Å². The van der Waals surface area contributed by atoms with Crippen LogP contribution >= 0.6 is 11.6 Å². The van der Waals surface area contributed by atoms with E-state index in [0.29, 0.717) is 11.6 Å². The van der Waals surface area contributed by atoms with Crippen molar-refractivity contribution in [2.24, 2.45) is 0 Å². The second-order valence-electron chi connectivity index (χ2n) is 5.52. The van der Waals surface area contributed by atoms with E-state index in [1.165, 1.54) is 11.1 Å². The van der Waals surface area contributed by atoms with E-state index in [1.807, 2.05) is 29.2 Å². The van der Waals surface area contributed by atoms with Crippen LogP contribution in [0.4, 0.5) is 0 Å². The summed E-state index contributed by atoms with van der Waals surface area (Å²) < 4.78 is 0. The largest absolute Gasteiger partial charge is 0.325 e. The van der Waals surface area contributed by atoms with Gasteiger partial charge in [0, 0.05) is 29.1 Å². The molecular formula is C19H16ClNO. The highest BCUT2D eigenvalue weighted by molar-refractivity contribution is 6.30. The first-order valence-corrected chi connectivity index (χ1v) is 7.66. The highest BCUT2D eigenvalue weighted by atomic mass is 35.5. The molecule has 110 valence electrons. The van der Waals surface area contributed by atoms with Gasteiger partial charge < -0.3 is 4.90 Å². The standard InChI is InChI=1S/C19H16ClNO/c1-14-11-16-6-2-3-7-17(16)13-21(14)19(22)10-9-15-5-4-8-18(20)12-15/h2-8,12,14H,11,13H2,1H3. The molecule has 0 spiro atoms. The van der Waals surface area contributed by atoms with Crippen molar-refractivity contribution in [3.63, 3.8) is 0 Å². The molecule has 1 heterocycles. The summed E-state index contributed by atoms with van der Waals surface area (Å²) in [7, 11) is 0. The van der Waals surface area contributed by atoms with Gasteiger partial charge in [-0.05, 0) is 42.7 Å². The molecule has 0 fully saturated rings. The number of halogens is 1. The summed E-state index contributed by atoms with van der Waals surface area (Å²) in [5.41, 5.74) is 3.28. The molecule has 1 amide bonds. The van der Waals surface area contributed by atoms with E-state index in [1.54, 1.807) is 12.1 Å². The first kappa shape index (κ1) is 14.7. The maximum atomic E-state index is 12.4. The van der Waals surface area contributed by atoms with Gasteiger partial charge in [-0.1, -0.05) is 47.9 Å². The molecule has 1 aliphatic heterocycles. The highest BCUT2D eigenvalue weighted by Crippen LogP contribution is 2.22. The number of carbonyl (C=O) groups excluding carboxylic acids is 1. The normalized spacial score (nSPS) is 16.5. The van der Waals surface area contributed by atoms with Gasteiger partial charge in [-0.15, -0.1) is 0 Å². The minimum absolute atomic E-state index is 0.137. The molecule has 2 aromatic carbocycles. The molecule has 1 atom stereocenters. The molecule has 2 nitrogen and oxygen atoms in total. The van der Waals surface area contributed by atoms with Gasteiger partial charge in [0.2, 0.25) is 0 Å². The zero-order valence-electron chi connectivity index (χ0n) is 12.3. The summed E-state index contributed by atoms with van der Waals surface area (Å²) in [6.07, 6.45) is 0.876. The van der Waals surface area contributed by atoms with Crippen LogP contribution in [-0.4, -0.2) is 16.8 Å². The smallest absolute Gasteiger partial charge is 0.299 e. The number of benzene rings is 2. The Bertz CT molecular complexity index is 772. The zero-order valence-corrected chi connectivity index (χ0v) is 13.1. The molecular weight excluding hydrogens is 294 g/mol. The van der Waals surface area contributed by atoms with Crippen LogP contribution in [0.15, 0.2) is 48.5 Å². The number of carbonyl (C=O) groups is 1. The van der Waals surface area contributed by atoms with Gasteiger partial charge in [0.05, 0.1) is 0 Å². The Hall–Kier alpha value is -2.24. The monoisotopic (exact) mass is 309 g/mol. The first-order chi connectivity index (χ1) is 10.6. The van der Waals surface area contributed by atoms with E-state index in [2.05, 4.69) is 30.9 Å². The molecule has 0 N–H and O–H groups in total. The maximum Gasteiger partial charge on any atom is 0.299 e. The predicted molar refractivity (Wildman–Crippen MR) is 88.5 cm³/mol. The van der Waals surface area contributed by atoms with E-state index in [4.69, 9.17) is 11.6 Å². The summed E-state index contributed by atoms with van der Waals surface area (Å²) >= 11 is 5.93. The van der Waals surface area contributed by atoms with Crippen molar-refractivity contribution in [1.82, 2.24) is 4.90 Å². The van der Waals surface area contributed by atoms with Crippen molar-refractivity contribution in [2.75, 3.05) is 0 Å². The minimum atomic E-state index is -0.137. The average molecular weight is 310 g/mol. The van der Waals surface area contributed by atoms with E-state index < -0.39 is 0 Å². The summed E-state index contributed by atoms with van der Waals surface area (Å²) in [5.74, 6) is 5.50. The van der Waals surface area contributed by atoms with Gasteiger partial charge in [0.1, 0.15) is 0 Å². The molecule has 0 aromatic heterocycles. The van der Waals surface area contributed by atoms with Crippen molar-refractivity contribution >= 4 is 17.5 Å². The number of rotatable bonds is 0. The lowest BCUT2D eigenvalue weighted by Gasteiger charge is -2.33.